The van der Waals surface area contributed by atoms with E-state index in [4.69, 9.17) is 33.1 Å². The number of hydrogen-bond acceptors (Lipinski definition) is 8. The van der Waals surface area contributed by atoms with E-state index in [1.54, 1.807) is 12.4 Å². The molecule has 7 rings (SSSR count). The van der Waals surface area contributed by atoms with Crippen LogP contribution in [0.2, 0.25) is 0 Å². The van der Waals surface area contributed by atoms with Gasteiger partial charge in [-0.15, -0.1) is 9.97 Å². The van der Waals surface area contributed by atoms with Gasteiger partial charge in [-0.1, -0.05) is 60.7 Å². The number of hydrogen-bond donors (Lipinski definition) is 0. The normalized spacial score (nSPS) is 11.7. The Morgan fingerprint density at radius 3 is 1.23 bits per heavy atom. The SMILES string of the molecule is [C-]#[N+]c1nc2c(nc1[N+]#[C-])N(c1ccc(C)cc1)c1nc(-c3ccccn3)c(-c3ccccn3)nc1N2c1ccc(C)cc1. The molecule has 0 bridgehead atoms. The summed E-state index contributed by atoms with van der Waals surface area (Å²) in [6.07, 6.45) is 3.42. The zero-order chi connectivity index (χ0) is 30.2. The first kappa shape index (κ1) is 26.4. The average Bonchev–Trinajstić information content (AvgIpc) is 3.08. The van der Waals surface area contributed by atoms with Crippen molar-refractivity contribution in [3.63, 3.8) is 0 Å². The molecule has 0 saturated heterocycles. The summed E-state index contributed by atoms with van der Waals surface area (Å²) in [5.41, 5.74) is 5.95. The number of nitrogens with zero attached hydrogens (tertiary/aromatic N) is 10. The van der Waals surface area contributed by atoms with Crippen molar-refractivity contribution in [1.29, 1.82) is 0 Å². The van der Waals surface area contributed by atoms with E-state index >= 15 is 0 Å². The average molecular weight is 571 g/mol. The third-order valence-corrected chi connectivity index (χ3v) is 7.14. The highest BCUT2D eigenvalue weighted by Crippen LogP contribution is 2.53. The van der Waals surface area contributed by atoms with Crippen LogP contribution in [0.4, 0.5) is 46.3 Å². The lowest BCUT2D eigenvalue weighted by Gasteiger charge is -2.34. The molecule has 0 saturated carbocycles. The molecule has 4 aromatic heterocycles. The van der Waals surface area contributed by atoms with Gasteiger partial charge in [-0.2, -0.15) is 0 Å². The number of anilines is 6. The molecule has 0 aliphatic carbocycles. The molecule has 1 aliphatic rings. The van der Waals surface area contributed by atoms with E-state index in [1.165, 1.54) is 0 Å². The number of pyridine rings is 2. The Labute approximate surface area is 253 Å². The second kappa shape index (κ2) is 10.7. The lowest BCUT2D eigenvalue weighted by Crippen LogP contribution is -2.28. The van der Waals surface area contributed by atoms with Gasteiger partial charge in [-0.05, 0) is 62.4 Å². The molecule has 2 aromatic carbocycles. The fourth-order valence-electron chi connectivity index (χ4n) is 5.01. The molecule has 1 aliphatic heterocycles. The second-order valence-electron chi connectivity index (χ2n) is 10.1. The van der Waals surface area contributed by atoms with E-state index in [1.807, 2.05) is 109 Å². The van der Waals surface area contributed by atoms with Crippen LogP contribution in [0.15, 0.2) is 97.3 Å². The van der Waals surface area contributed by atoms with Crippen molar-refractivity contribution in [3.05, 3.63) is 131 Å². The number of benzene rings is 2. The first-order valence-corrected chi connectivity index (χ1v) is 13.7. The van der Waals surface area contributed by atoms with Gasteiger partial charge in [0.1, 0.15) is 11.4 Å². The fraction of sp³-hybridized carbons (Fsp3) is 0.0588. The van der Waals surface area contributed by atoms with E-state index in [-0.39, 0.29) is 11.6 Å². The molecular formula is C34H22N10. The van der Waals surface area contributed by atoms with E-state index < -0.39 is 0 Å². The Morgan fingerprint density at radius 2 is 0.886 bits per heavy atom. The number of aryl methyl sites for hydroxylation is 2. The fourth-order valence-corrected chi connectivity index (χ4v) is 5.01. The predicted octanol–water partition coefficient (Wildman–Crippen LogP) is 8.36. The van der Waals surface area contributed by atoms with Gasteiger partial charge in [-0.3, -0.25) is 19.8 Å². The van der Waals surface area contributed by atoms with Gasteiger partial charge in [-0.25, -0.2) is 9.97 Å². The van der Waals surface area contributed by atoms with Crippen LogP contribution < -0.4 is 9.80 Å². The molecular weight excluding hydrogens is 548 g/mol. The Bertz CT molecular complexity index is 1950. The smallest absolute Gasteiger partial charge is 0.300 e. The molecule has 208 valence electrons. The van der Waals surface area contributed by atoms with Crippen molar-refractivity contribution >= 4 is 46.3 Å². The lowest BCUT2D eigenvalue weighted by atomic mass is 10.1. The number of fused-ring (bicyclic) bond motifs is 2. The highest BCUT2D eigenvalue weighted by atomic mass is 15.4. The van der Waals surface area contributed by atoms with Gasteiger partial charge in [0.15, 0.2) is 11.6 Å². The highest BCUT2D eigenvalue weighted by molar-refractivity contribution is 5.98. The van der Waals surface area contributed by atoms with Crippen LogP contribution in [0, 0.1) is 27.0 Å². The summed E-state index contributed by atoms with van der Waals surface area (Å²) in [5, 5.41) is 0. The number of aromatic nitrogens is 6. The van der Waals surface area contributed by atoms with Gasteiger partial charge in [0.25, 0.3) is 11.6 Å². The second-order valence-corrected chi connectivity index (χ2v) is 10.1. The Balaban J connectivity index is 1.62. The molecule has 44 heavy (non-hydrogen) atoms. The van der Waals surface area contributed by atoms with Crippen molar-refractivity contribution in [2.24, 2.45) is 0 Å². The summed E-state index contributed by atoms with van der Waals surface area (Å²) in [5.74, 6) is 1.45. The van der Waals surface area contributed by atoms with Crippen LogP contribution in [-0.4, -0.2) is 29.9 Å². The minimum Gasteiger partial charge on any atom is -0.370 e. The largest absolute Gasteiger partial charge is 0.370 e. The molecule has 0 radical (unpaired) electrons. The molecule has 0 unspecified atom stereocenters. The minimum absolute atomic E-state index is 0.0915. The van der Waals surface area contributed by atoms with Crippen LogP contribution in [0.25, 0.3) is 32.5 Å². The summed E-state index contributed by atoms with van der Waals surface area (Å²) < 4.78 is 0. The zero-order valence-electron chi connectivity index (χ0n) is 23.7. The van der Waals surface area contributed by atoms with Gasteiger partial charge in [0, 0.05) is 12.4 Å². The summed E-state index contributed by atoms with van der Waals surface area (Å²) in [6.45, 7) is 19.5. The van der Waals surface area contributed by atoms with E-state index in [9.17, 15) is 0 Å². The summed E-state index contributed by atoms with van der Waals surface area (Å²) in [7, 11) is 0. The van der Waals surface area contributed by atoms with Crippen molar-refractivity contribution < 1.29 is 0 Å². The van der Waals surface area contributed by atoms with Gasteiger partial charge >= 0.3 is 11.6 Å². The molecule has 10 nitrogen and oxygen atoms in total. The Hall–Kier alpha value is -6.52. The standard InChI is InChI=1S/C34H22N10/c1-21-11-15-23(16-12-21)43-31-32(40-28(26-10-6-8-20-38-26)27(39-31)25-9-5-7-19-37-25)44(24-17-13-22(2)14-18-24)34-33(43)41-29(35-3)30(36-4)42-34/h5-20H,1-2H3. The maximum atomic E-state index is 7.76. The molecule has 6 aromatic rings. The maximum Gasteiger partial charge on any atom is 0.300 e. The minimum atomic E-state index is -0.0915. The van der Waals surface area contributed by atoms with E-state index in [0.717, 1.165) is 22.5 Å². The van der Waals surface area contributed by atoms with Crippen molar-refractivity contribution in [1.82, 2.24) is 29.9 Å². The van der Waals surface area contributed by atoms with Crippen molar-refractivity contribution in [2.75, 3.05) is 9.80 Å². The van der Waals surface area contributed by atoms with Crippen LogP contribution in [0.3, 0.4) is 0 Å². The topological polar surface area (TPSA) is 92.5 Å². The summed E-state index contributed by atoms with van der Waals surface area (Å²) in [4.78, 5) is 39.9. The molecule has 0 fully saturated rings. The highest BCUT2D eigenvalue weighted by Gasteiger charge is 2.42. The quantitative estimate of drug-likeness (QED) is 0.195. The summed E-state index contributed by atoms with van der Waals surface area (Å²) >= 11 is 0. The molecule has 5 heterocycles. The Kier molecular flexibility index (Phi) is 6.42. The van der Waals surface area contributed by atoms with Gasteiger partial charge in [0.2, 0.25) is 0 Å². The van der Waals surface area contributed by atoms with Crippen LogP contribution >= 0.6 is 0 Å². The van der Waals surface area contributed by atoms with Crippen LogP contribution in [-0.2, 0) is 0 Å². The number of rotatable bonds is 4. The van der Waals surface area contributed by atoms with E-state index in [2.05, 4.69) is 19.7 Å². The molecule has 10 heteroatoms. The predicted molar refractivity (Wildman–Crippen MR) is 169 cm³/mol. The zero-order valence-corrected chi connectivity index (χ0v) is 23.7. The first-order valence-electron chi connectivity index (χ1n) is 13.7. The third kappa shape index (κ3) is 4.44. The first-order chi connectivity index (χ1) is 21.6. The van der Waals surface area contributed by atoms with Gasteiger partial charge in [0.05, 0.1) is 22.8 Å². The van der Waals surface area contributed by atoms with Crippen LogP contribution in [0.5, 0.6) is 0 Å². The van der Waals surface area contributed by atoms with Crippen LogP contribution in [0.1, 0.15) is 11.1 Å². The molecule has 0 atom stereocenters. The molecule has 0 spiro atoms. The van der Waals surface area contributed by atoms with Crippen molar-refractivity contribution in [3.8, 4) is 22.8 Å². The monoisotopic (exact) mass is 570 g/mol. The van der Waals surface area contributed by atoms with Crippen molar-refractivity contribution in [2.45, 2.75) is 13.8 Å². The van der Waals surface area contributed by atoms with Gasteiger partial charge < -0.3 is 9.69 Å². The molecule has 0 amide bonds. The summed E-state index contributed by atoms with van der Waals surface area (Å²) in [6, 6.07) is 27.1. The lowest BCUT2D eigenvalue weighted by molar-refractivity contribution is 0.997. The maximum absolute atomic E-state index is 7.76. The molecule has 0 N–H and O–H groups in total. The van der Waals surface area contributed by atoms with E-state index in [0.29, 0.717) is 46.0 Å². The Morgan fingerprint density at radius 1 is 0.500 bits per heavy atom. The third-order valence-electron chi connectivity index (χ3n) is 7.14.